The highest BCUT2D eigenvalue weighted by atomic mass is 16.6. The molecule has 100 valence electrons. The zero-order valence-corrected chi connectivity index (χ0v) is 11.1. The van der Waals surface area contributed by atoms with Crippen LogP contribution in [0.1, 0.15) is 32.6 Å². The summed E-state index contributed by atoms with van der Waals surface area (Å²) in [5.74, 6) is 0.408. The molecule has 1 atom stereocenters. The Balaban J connectivity index is 2.68. The molecule has 1 aromatic rings. The Bertz CT molecular complexity index is 398. The van der Waals surface area contributed by atoms with Crippen molar-refractivity contribution in [2.45, 2.75) is 32.6 Å². The number of carbonyl (C=O) groups is 1. The van der Waals surface area contributed by atoms with Crippen LogP contribution >= 0.6 is 0 Å². The third kappa shape index (κ3) is 4.58. The maximum Gasteiger partial charge on any atom is 0.409 e. The minimum Gasteiger partial charge on any atom is -0.444 e. The van der Waals surface area contributed by atoms with Gasteiger partial charge in [0.05, 0.1) is 0 Å². The summed E-state index contributed by atoms with van der Waals surface area (Å²) in [4.78, 5) is 15.5. The van der Waals surface area contributed by atoms with Crippen LogP contribution in [0, 0.1) is 0 Å². The van der Waals surface area contributed by atoms with Gasteiger partial charge in [0.25, 0.3) is 0 Å². The van der Waals surface area contributed by atoms with Crippen molar-refractivity contribution in [3.05, 3.63) is 23.9 Å². The van der Waals surface area contributed by atoms with E-state index in [-0.39, 0.29) is 0 Å². The van der Waals surface area contributed by atoms with Gasteiger partial charge in [0, 0.05) is 18.9 Å². The normalized spacial score (nSPS) is 12.9. The molecule has 1 amide bonds. The molecule has 0 bridgehead atoms. The number of methoxy groups -OCH3 is 1. The van der Waals surface area contributed by atoms with Crippen LogP contribution < -0.4 is 11.1 Å². The van der Waals surface area contributed by atoms with Gasteiger partial charge in [-0.15, -0.1) is 0 Å². The smallest absolute Gasteiger partial charge is 0.409 e. The molecule has 0 aliphatic carbocycles. The lowest BCUT2D eigenvalue weighted by Gasteiger charge is -2.23. The number of ether oxygens (including phenoxy) is 2. The highest BCUT2D eigenvalue weighted by Crippen LogP contribution is 2.15. The number of anilines is 1. The molecule has 6 heteroatoms. The number of rotatable bonds is 3. The molecule has 0 saturated carbocycles. The lowest BCUT2D eigenvalue weighted by molar-refractivity contribution is 0.0231. The third-order valence-corrected chi connectivity index (χ3v) is 2.00. The van der Waals surface area contributed by atoms with Gasteiger partial charge in [-0.3, -0.25) is 5.32 Å². The van der Waals surface area contributed by atoms with Crippen molar-refractivity contribution < 1.29 is 14.3 Å². The van der Waals surface area contributed by atoms with Gasteiger partial charge in [-0.2, -0.15) is 0 Å². The number of aromatic nitrogens is 1. The van der Waals surface area contributed by atoms with Crippen LogP contribution in [-0.2, 0) is 9.47 Å². The summed E-state index contributed by atoms with van der Waals surface area (Å²) in [6, 6.07) is 3.37. The van der Waals surface area contributed by atoms with Crippen molar-refractivity contribution in [2.75, 3.05) is 12.8 Å². The first kappa shape index (κ1) is 14.2. The fourth-order valence-corrected chi connectivity index (χ4v) is 1.26. The van der Waals surface area contributed by atoms with E-state index in [2.05, 4.69) is 10.3 Å². The van der Waals surface area contributed by atoms with E-state index in [9.17, 15) is 4.79 Å². The molecular formula is C12H19N3O3. The standard InChI is InChI=1S/C12H19N3O3/c1-12(2,3)18-11(16)15-10(17-4)8-5-6-9(13)14-7-8/h5-7,10H,1-4H3,(H2,13,14)(H,15,16). The Kier molecular flexibility index (Phi) is 4.49. The van der Waals surface area contributed by atoms with Crippen LogP contribution in [0.15, 0.2) is 18.3 Å². The van der Waals surface area contributed by atoms with E-state index < -0.39 is 17.9 Å². The van der Waals surface area contributed by atoms with E-state index in [1.165, 1.54) is 7.11 Å². The van der Waals surface area contributed by atoms with E-state index in [0.29, 0.717) is 11.4 Å². The third-order valence-electron chi connectivity index (χ3n) is 2.00. The Morgan fingerprint density at radius 3 is 2.56 bits per heavy atom. The largest absolute Gasteiger partial charge is 0.444 e. The molecule has 0 fully saturated rings. The second kappa shape index (κ2) is 5.68. The molecule has 18 heavy (non-hydrogen) atoms. The molecule has 6 nitrogen and oxygen atoms in total. The van der Waals surface area contributed by atoms with Crippen LogP contribution in [0.2, 0.25) is 0 Å². The van der Waals surface area contributed by atoms with Crippen LogP contribution in [0.25, 0.3) is 0 Å². The van der Waals surface area contributed by atoms with Crippen LogP contribution in [-0.4, -0.2) is 23.8 Å². The van der Waals surface area contributed by atoms with E-state index in [4.69, 9.17) is 15.2 Å². The number of pyridine rings is 1. The van der Waals surface area contributed by atoms with Gasteiger partial charge in [0.2, 0.25) is 0 Å². The maximum absolute atomic E-state index is 11.6. The van der Waals surface area contributed by atoms with Gasteiger partial charge in [-0.25, -0.2) is 9.78 Å². The van der Waals surface area contributed by atoms with Gasteiger partial charge in [0.1, 0.15) is 11.4 Å². The Morgan fingerprint density at radius 1 is 1.44 bits per heavy atom. The number of hydrogen-bond acceptors (Lipinski definition) is 5. The highest BCUT2D eigenvalue weighted by Gasteiger charge is 2.20. The Hall–Kier alpha value is -1.82. The molecule has 1 rings (SSSR count). The number of nitrogen functional groups attached to an aromatic ring is 1. The minimum atomic E-state index is -0.618. The van der Waals surface area contributed by atoms with Crippen molar-refractivity contribution in [2.24, 2.45) is 0 Å². The van der Waals surface area contributed by atoms with Gasteiger partial charge in [-0.05, 0) is 32.9 Å². The average Bonchev–Trinajstić information content (AvgIpc) is 2.25. The summed E-state index contributed by atoms with van der Waals surface area (Å²) in [7, 11) is 1.48. The predicted octanol–water partition coefficient (Wildman–Crippen LogP) is 1.83. The Morgan fingerprint density at radius 2 is 2.11 bits per heavy atom. The van der Waals surface area contributed by atoms with E-state index in [1.807, 2.05) is 0 Å². The van der Waals surface area contributed by atoms with Crippen LogP contribution in [0.3, 0.4) is 0 Å². The first-order valence-corrected chi connectivity index (χ1v) is 5.55. The molecule has 0 spiro atoms. The van der Waals surface area contributed by atoms with Gasteiger partial charge in [-0.1, -0.05) is 0 Å². The lowest BCUT2D eigenvalue weighted by atomic mass is 10.2. The zero-order chi connectivity index (χ0) is 13.8. The first-order valence-electron chi connectivity index (χ1n) is 5.55. The van der Waals surface area contributed by atoms with Crippen molar-refractivity contribution in [1.29, 1.82) is 0 Å². The number of nitrogens with two attached hydrogens (primary N) is 1. The SMILES string of the molecule is COC(NC(=O)OC(C)(C)C)c1ccc(N)nc1. The van der Waals surface area contributed by atoms with E-state index in [0.717, 1.165) is 0 Å². The molecule has 1 unspecified atom stereocenters. The molecule has 0 aliphatic rings. The van der Waals surface area contributed by atoms with Crippen LogP contribution in [0.4, 0.5) is 10.6 Å². The van der Waals surface area contributed by atoms with Crippen molar-refractivity contribution in [3.8, 4) is 0 Å². The zero-order valence-electron chi connectivity index (χ0n) is 11.1. The lowest BCUT2D eigenvalue weighted by Crippen LogP contribution is -2.35. The number of nitrogens with one attached hydrogen (secondary N) is 1. The van der Waals surface area contributed by atoms with Gasteiger partial charge < -0.3 is 15.2 Å². The molecule has 3 N–H and O–H groups in total. The number of amides is 1. The summed E-state index contributed by atoms with van der Waals surface area (Å²) in [6.45, 7) is 5.37. The summed E-state index contributed by atoms with van der Waals surface area (Å²) in [5.41, 5.74) is 5.63. The monoisotopic (exact) mass is 253 g/mol. The summed E-state index contributed by atoms with van der Waals surface area (Å²) < 4.78 is 10.3. The number of hydrogen-bond donors (Lipinski definition) is 2. The summed E-state index contributed by atoms with van der Waals surface area (Å²) in [5, 5.41) is 2.59. The predicted molar refractivity (Wildman–Crippen MR) is 67.8 cm³/mol. The minimum absolute atomic E-state index is 0.408. The van der Waals surface area contributed by atoms with Crippen molar-refractivity contribution in [1.82, 2.24) is 10.3 Å². The summed E-state index contributed by atoms with van der Waals surface area (Å²) in [6.07, 6.45) is 0.375. The molecule has 0 aromatic carbocycles. The van der Waals surface area contributed by atoms with E-state index >= 15 is 0 Å². The van der Waals surface area contributed by atoms with Crippen LogP contribution in [0.5, 0.6) is 0 Å². The second-order valence-corrected chi connectivity index (χ2v) is 4.78. The molecule has 0 aliphatic heterocycles. The maximum atomic E-state index is 11.6. The second-order valence-electron chi connectivity index (χ2n) is 4.78. The van der Waals surface area contributed by atoms with E-state index in [1.54, 1.807) is 39.1 Å². The van der Waals surface area contributed by atoms with Crippen molar-refractivity contribution >= 4 is 11.9 Å². The quantitative estimate of drug-likeness (QED) is 0.802. The molecule has 1 aromatic heterocycles. The summed E-state index contributed by atoms with van der Waals surface area (Å²) >= 11 is 0. The van der Waals surface area contributed by atoms with Crippen molar-refractivity contribution in [3.63, 3.8) is 0 Å². The molecular weight excluding hydrogens is 234 g/mol. The first-order chi connectivity index (χ1) is 8.31. The topological polar surface area (TPSA) is 86.5 Å². The fourth-order valence-electron chi connectivity index (χ4n) is 1.26. The number of carbonyl (C=O) groups excluding carboxylic acids is 1. The number of alkyl carbamates (subject to hydrolysis) is 1. The Labute approximate surface area is 106 Å². The number of nitrogens with zero attached hydrogens (tertiary/aromatic N) is 1. The average molecular weight is 253 g/mol. The molecule has 1 heterocycles. The molecule has 0 saturated heterocycles. The fraction of sp³-hybridized carbons (Fsp3) is 0.500. The van der Waals surface area contributed by atoms with Gasteiger partial charge in [0.15, 0.2) is 6.23 Å². The highest BCUT2D eigenvalue weighted by molar-refractivity contribution is 5.68. The van der Waals surface area contributed by atoms with Gasteiger partial charge >= 0.3 is 6.09 Å². The molecule has 0 radical (unpaired) electrons.